The second-order valence-corrected chi connectivity index (χ2v) is 6.19. The lowest BCUT2D eigenvalue weighted by Gasteiger charge is -2.28. The van der Waals surface area contributed by atoms with Crippen molar-refractivity contribution in [2.45, 2.75) is 51.2 Å². The van der Waals surface area contributed by atoms with Gasteiger partial charge in [-0.1, -0.05) is 13.8 Å². The van der Waals surface area contributed by atoms with Crippen molar-refractivity contribution < 1.29 is 13.5 Å². The minimum absolute atomic E-state index is 0.0506. The molecule has 1 rings (SSSR count). The van der Waals surface area contributed by atoms with Crippen LogP contribution < -0.4 is 0 Å². The van der Waals surface area contributed by atoms with Crippen LogP contribution in [0, 0.1) is 0 Å². The maximum atomic E-state index is 12.5. The first-order chi connectivity index (χ1) is 9.01. The Morgan fingerprint density at radius 3 is 2.42 bits per heavy atom. The number of nitrogens with zero attached hydrogens (tertiary/aromatic N) is 3. The number of hydrogen-bond acceptors (Lipinski definition) is 4. The normalized spacial score (nSPS) is 12.5. The smallest absolute Gasteiger partial charge is 0.262 e. The zero-order chi connectivity index (χ0) is 14.5. The van der Waals surface area contributed by atoms with Crippen LogP contribution in [0.5, 0.6) is 0 Å². The maximum absolute atomic E-state index is 12.5. The summed E-state index contributed by atoms with van der Waals surface area (Å²) in [5, 5.41) is 9.16. The lowest BCUT2D eigenvalue weighted by Crippen LogP contribution is -2.41. The summed E-state index contributed by atoms with van der Waals surface area (Å²) in [7, 11) is -3.63. The monoisotopic (exact) mass is 289 g/mol. The molecule has 7 heteroatoms. The van der Waals surface area contributed by atoms with Crippen molar-refractivity contribution in [2.75, 3.05) is 13.2 Å². The summed E-state index contributed by atoms with van der Waals surface area (Å²) in [6.45, 7) is 6.40. The van der Waals surface area contributed by atoms with Crippen molar-refractivity contribution in [1.82, 2.24) is 13.9 Å². The predicted molar refractivity (Wildman–Crippen MR) is 73.2 cm³/mol. The van der Waals surface area contributed by atoms with Crippen LogP contribution in [0.15, 0.2) is 17.6 Å². The van der Waals surface area contributed by atoms with Crippen molar-refractivity contribution in [1.29, 1.82) is 0 Å². The molecule has 0 radical (unpaired) electrons. The van der Waals surface area contributed by atoms with Crippen molar-refractivity contribution in [3.8, 4) is 0 Å². The summed E-state index contributed by atoms with van der Waals surface area (Å²) in [5.74, 6) is 0. The molecule has 6 nitrogen and oxygen atoms in total. The number of aliphatic hydroxyl groups excluding tert-OH is 1. The molecule has 0 saturated heterocycles. The number of aryl methyl sites for hydroxylation is 1. The van der Waals surface area contributed by atoms with Gasteiger partial charge >= 0.3 is 0 Å². The van der Waals surface area contributed by atoms with E-state index in [0.717, 1.165) is 0 Å². The number of sulfonamides is 1. The van der Waals surface area contributed by atoms with Gasteiger partial charge in [-0.15, -0.1) is 0 Å². The molecule has 1 N–H and O–H groups in total. The Balaban J connectivity index is 3.11. The molecule has 19 heavy (non-hydrogen) atoms. The topological polar surface area (TPSA) is 75.4 Å². The van der Waals surface area contributed by atoms with Crippen LogP contribution >= 0.6 is 0 Å². The van der Waals surface area contributed by atoms with E-state index in [1.54, 1.807) is 4.57 Å². The maximum Gasteiger partial charge on any atom is 0.262 e. The molecule has 0 spiro atoms. The van der Waals surface area contributed by atoms with Crippen LogP contribution in [0.25, 0.3) is 0 Å². The van der Waals surface area contributed by atoms with Crippen molar-refractivity contribution in [2.24, 2.45) is 0 Å². The van der Waals surface area contributed by atoms with E-state index < -0.39 is 10.0 Å². The van der Waals surface area contributed by atoms with Gasteiger partial charge in [-0.05, 0) is 19.8 Å². The molecule has 0 unspecified atom stereocenters. The van der Waals surface area contributed by atoms with E-state index in [-0.39, 0.29) is 24.2 Å². The fourth-order valence-electron chi connectivity index (χ4n) is 2.06. The summed E-state index contributed by atoms with van der Waals surface area (Å²) in [6, 6.07) is -0.107. The molecule has 1 aromatic heterocycles. The molecule has 110 valence electrons. The highest BCUT2D eigenvalue weighted by molar-refractivity contribution is 7.89. The van der Waals surface area contributed by atoms with Crippen LogP contribution in [0.4, 0.5) is 0 Å². The second-order valence-electron chi connectivity index (χ2n) is 4.35. The Kier molecular flexibility index (Phi) is 5.96. The third-order valence-corrected chi connectivity index (χ3v) is 5.06. The summed E-state index contributed by atoms with van der Waals surface area (Å²) < 4.78 is 28.2. The minimum atomic E-state index is -3.63. The van der Waals surface area contributed by atoms with Crippen LogP contribution in [0.1, 0.15) is 33.6 Å². The van der Waals surface area contributed by atoms with Gasteiger partial charge in [-0.2, -0.15) is 4.31 Å². The van der Waals surface area contributed by atoms with E-state index >= 15 is 0 Å². The quantitative estimate of drug-likeness (QED) is 0.777. The van der Waals surface area contributed by atoms with Gasteiger partial charge in [0.25, 0.3) is 10.0 Å². The van der Waals surface area contributed by atoms with Gasteiger partial charge in [0.1, 0.15) is 0 Å². The first-order valence-electron chi connectivity index (χ1n) is 6.65. The van der Waals surface area contributed by atoms with E-state index in [4.69, 9.17) is 5.11 Å². The van der Waals surface area contributed by atoms with E-state index in [0.29, 0.717) is 19.4 Å². The molecule has 1 aromatic rings. The first kappa shape index (κ1) is 16.1. The Hall–Kier alpha value is -0.920. The van der Waals surface area contributed by atoms with Gasteiger partial charge in [0, 0.05) is 25.3 Å². The van der Waals surface area contributed by atoms with Gasteiger partial charge in [0.15, 0.2) is 5.03 Å². The molecule has 0 amide bonds. The van der Waals surface area contributed by atoms with E-state index in [1.165, 1.54) is 16.8 Å². The summed E-state index contributed by atoms with van der Waals surface area (Å²) in [4.78, 5) is 3.96. The Labute approximate surface area is 115 Å². The lowest BCUT2D eigenvalue weighted by molar-refractivity contribution is 0.219. The van der Waals surface area contributed by atoms with Crippen LogP contribution in [0.3, 0.4) is 0 Å². The van der Waals surface area contributed by atoms with Crippen molar-refractivity contribution in [3.63, 3.8) is 0 Å². The fraction of sp³-hybridized carbons (Fsp3) is 0.750. The van der Waals surface area contributed by atoms with Crippen molar-refractivity contribution >= 4 is 10.0 Å². The van der Waals surface area contributed by atoms with Gasteiger partial charge in [0.05, 0.1) is 12.9 Å². The predicted octanol–water partition coefficient (Wildman–Crippen LogP) is 1.07. The van der Waals surface area contributed by atoms with Crippen LogP contribution in [0.2, 0.25) is 0 Å². The van der Waals surface area contributed by atoms with Gasteiger partial charge in [-0.25, -0.2) is 13.4 Å². The zero-order valence-electron chi connectivity index (χ0n) is 11.8. The Morgan fingerprint density at radius 2 is 2.00 bits per heavy atom. The molecule has 0 fully saturated rings. The molecular weight excluding hydrogens is 266 g/mol. The zero-order valence-corrected chi connectivity index (χ0v) is 12.6. The molecule has 1 heterocycles. The minimum Gasteiger partial charge on any atom is -0.395 e. The van der Waals surface area contributed by atoms with Crippen LogP contribution in [-0.2, 0) is 16.6 Å². The highest BCUT2D eigenvalue weighted by Crippen LogP contribution is 2.19. The molecule has 0 aliphatic heterocycles. The van der Waals surface area contributed by atoms with Gasteiger partial charge in [-0.3, -0.25) is 0 Å². The van der Waals surface area contributed by atoms with Gasteiger partial charge < -0.3 is 9.67 Å². The number of imidazole rings is 1. The molecule has 0 aromatic carbocycles. The molecule has 0 saturated carbocycles. The summed E-state index contributed by atoms with van der Waals surface area (Å²) >= 11 is 0. The second kappa shape index (κ2) is 7.02. The average Bonchev–Trinajstić information content (AvgIpc) is 2.88. The SMILES string of the molecule is CCC(CC)N(CCO)S(=O)(=O)c1cn(CC)cn1. The first-order valence-corrected chi connectivity index (χ1v) is 8.09. The molecule has 0 aliphatic rings. The number of rotatable bonds is 8. The van der Waals surface area contributed by atoms with Crippen LogP contribution in [-0.4, -0.2) is 46.6 Å². The average molecular weight is 289 g/mol. The summed E-state index contributed by atoms with van der Waals surface area (Å²) in [6.07, 6.45) is 4.47. The summed E-state index contributed by atoms with van der Waals surface area (Å²) in [5.41, 5.74) is 0. The van der Waals surface area contributed by atoms with E-state index in [9.17, 15) is 8.42 Å². The lowest BCUT2D eigenvalue weighted by atomic mass is 10.2. The molecule has 0 atom stereocenters. The number of aromatic nitrogens is 2. The Morgan fingerprint density at radius 1 is 1.37 bits per heavy atom. The molecular formula is C12H23N3O3S. The highest BCUT2D eigenvalue weighted by Gasteiger charge is 2.30. The van der Waals surface area contributed by atoms with E-state index in [1.807, 2.05) is 20.8 Å². The largest absolute Gasteiger partial charge is 0.395 e. The third kappa shape index (κ3) is 3.55. The number of hydrogen-bond donors (Lipinski definition) is 1. The van der Waals surface area contributed by atoms with E-state index in [2.05, 4.69) is 4.98 Å². The highest BCUT2D eigenvalue weighted by atomic mass is 32.2. The standard InChI is InChI=1S/C12H23N3O3S/c1-4-11(5-2)15(7-8-16)19(17,18)12-9-14(6-3)10-13-12/h9-11,16H,4-8H2,1-3H3. The fourth-order valence-corrected chi connectivity index (χ4v) is 3.76. The van der Waals surface area contributed by atoms with Crippen molar-refractivity contribution in [3.05, 3.63) is 12.5 Å². The molecule has 0 bridgehead atoms. The molecule has 0 aliphatic carbocycles. The third-order valence-electron chi connectivity index (χ3n) is 3.22. The number of aliphatic hydroxyl groups is 1. The Bertz CT molecular complexity index is 480. The van der Waals surface area contributed by atoms with Gasteiger partial charge in [0.2, 0.25) is 0 Å².